The summed E-state index contributed by atoms with van der Waals surface area (Å²) in [5, 5.41) is 15.3. The van der Waals surface area contributed by atoms with Gasteiger partial charge in [-0.3, -0.25) is 0 Å². The van der Waals surface area contributed by atoms with Crippen LogP contribution in [0.3, 0.4) is 0 Å². The van der Waals surface area contributed by atoms with E-state index < -0.39 is 0 Å². The van der Waals surface area contributed by atoms with Gasteiger partial charge in [0.15, 0.2) is 0 Å². The van der Waals surface area contributed by atoms with Gasteiger partial charge in [0.1, 0.15) is 0 Å². The molecular formula is C13H24N2O2. The zero-order valence-electron chi connectivity index (χ0n) is 10.6. The lowest BCUT2D eigenvalue weighted by Gasteiger charge is -2.18. The summed E-state index contributed by atoms with van der Waals surface area (Å²) in [6.07, 6.45) is 6.19. The quantitative estimate of drug-likeness (QED) is 0.633. The minimum atomic E-state index is -0.294. The predicted octanol–water partition coefficient (Wildman–Crippen LogP) is 1.64. The maximum absolute atomic E-state index is 11.7. The van der Waals surface area contributed by atoms with Gasteiger partial charge in [0.2, 0.25) is 0 Å². The Morgan fingerprint density at radius 3 is 2.35 bits per heavy atom. The van der Waals surface area contributed by atoms with Crippen LogP contribution >= 0.6 is 0 Å². The molecule has 0 radical (unpaired) electrons. The number of carbonyl (C=O) groups is 1. The van der Waals surface area contributed by atoms with Crippen molar-refractivity contribution in [3.05, 3.63) is 0 Å². The molecule has 0 aromatic carbocycles. The Balaban J connectivity index is 1.62. The Kier molecular flexibility index (Phi) is 4.26. The van der Waals surface area contributed by atoms with Gasteiger partial charge in [-0.1, -0.05) is 6.92 Å². The molecule has 4 heteroatoms. The molecule has 2 fully saturated rings. The smallest absolute Gasteiger partial charge is 0.315 e. The van der Waals surface area contributed by atoms with Crippen molar-refractivity contribution in [3.8, 4) is 0 Å². The summed E-state index contributed by atoms with van der Waals surface area (Å²) in [5.74, 6) is 1.46. The predicted molar refractivity (Wildman–Crippen MR) is 66.7 cm³/mol. The Morgan fingerprint density at radius 1 is 1.29 bits per heavy atom. The van der Waals surface area contributed by atoms with E-state index in [0.717, 1.165) is 18.3 Å². The Morgan fingerprint density at radius 2 is 1.88 bits per heavy atom. The Labute approximate surface area is 103 Å². The largest absolute Gasteiger partial charge is 0.393 e. The first kappa shape index (κ1) is 12.7. The van der Waals surface area contributed by atoms with Crippen LogP contribution in [-0.4, -0.2) is 29.8 Å². The zero-order valence-corrected chi connectivity index (χ0v) is 10.6. The molecule has 0 spiro atoms. The van der Waals surface area contributed by atoms with Gasteiger partial charge >= 0.3 is 6.03 Å². The summed E-state index contributed by atoms with van der Waals surface area (Å²) in [5.41, 5.74) is 0. The minimum Gasteiger partial charge on any atom is -0.393 e. The van der Waals surface area contributed by atoms with Crippen molar-refractivity contribution in [2.45, 2.75) is 57.6 Å². The number of nitrogens with one attached hydrogen (secondary N) is 2. The van der Waals surface area contributed by atoms with Gasteiger partial charge in [-0.05, 0) is 50.4 Å². The van der Waals surface area contributed by atoms with Crippen LogP contribution in [0.25, 0.3) is 0 Å². The van der Waals surface area contributed by atoms with E-state index in [1.54, 1.807) is 0 Å². The normalized spacial score (nSPS) is 21.4. The fourth-order valence-corrected chi connectivity index (χ4v) is 2.29. The molecule has 0 aliphatic heterocycles. The highest BCUT2D eigenvalue weighted by Gasteiger charge is 2.42. The van der Waals surface area contributed by atoms with Crippen LogP contribution in [0.15, 0.2) is 0 Å². The van der Waals surface area contributed by atoms with E-state index in [0.29, 0.717) is 19.0 Å². The second kappa shape index (κ2) is 5.71. The number of aliphatic hydroxyl groups is 1. The lowest BCUT2D eigenvalue weighted by Crippen LogP contribution is -2.44. The molecule has 17 heavy (non-hydrogen) atoms. The molecule has 1 atom stereocenters. The SMILES string of the molecule is CCC(O)CCNC(=O)NC(C1CC1)C1CC1. The topological polar surface area (TPSA) is 61.4 Å². The van der Waals surface area contributed by atoms with E-state index in [-0.39, 0.29) is 12.1 Å². The maximum Gasteiger partial charge on any atom is 0.315 e. The van der Waals surface area contributed by atoms with Gasteiger partial charge in [0.25, 0.3) is 0 Å². The molecule has 0 heterocycles. The number of carbonyl (C=O) groups excluding carboxylic acids is 1. The fraction of sp³-hybridized carbons (Fsp3) is 0.923. The highest BCUT2D eigenvalue weighted by atomic mass is 16.3. The molecule has 2 aliphatic carbocycles. The van der Waals surface area contributed by atoms with Gasteiger partial charge in [-0.15, -0.1) is 0 Å². The number of urea groups is 1. The molecule has 4 nitrogen and oxygen atoms in total. The number of amides is 2. The summed E-state index contributed by atoms with van der Waals surface area (Å²) in [6.45, 7) is 2.50. The van der Waals surface area contributed by atoms with Crippen LogP contribution in [0.4, 0.5) is 4.79 Å². The lowest BCUT2D eigenvalue weighted by molar-refractivity contribution is 0.159. The third-order valence-corrected chi connectivity index (χ3v) is 3.79. The van der Waals surface area contributed by atoms with Crippen molar-refractivity contribution >= 4 is 6.03 Å². The van der Waals surface area contributed by atoms with Gasteiger partial charge in [-0.25, -0.2) is 4.79 Å². The molecule has 0 aromatic heterocycles. The standard InChI is InChI=1S/C13H24N2O2/c1-2-11(16)7-8-14-13(17)15-12(9-3-4-9)10-5-6-10/h9-12,16H,2-8H2,1H3,(H2,14,15,17). The van der Waals surface area contributed by atoms with Crippen molar-refractivity contribution in [1.82, 2.24) is 10.6 Å². The highest BCUT2D eigenvalue weighted by Crippen LogP contribution is 2.44. The number of hydrogen-bond acceptors (Lipinski definition) is 2. The van der Waals surface area contributed by atoms with Crippen molar-refractivity contribution in [2.75, 3.05) is 6.54 Å². The van der Waals surface area contributed by atoms with Crippen molar-refractivity contribution < 1.29 is 9.90 Å². The number of hydrogen-bond donors (Lipinski definition) is 3. The molecular weight excluding hydrogens is 216 g/mol. The summed E-state index contributed by atoms with van der Waals surface area (Å²) in [7, 11) is 0. The van der Waals surface area contributed by atoms with Crippen molar-refractivity contribution in [3.63, 3.8) is 0 Å². The van der Waals surface area contributed by atoms with Crippen LogP contribution in [0, 0.1) is 11.8 Å². The van der Waals surface area contributed by atoms with E-state index in [1.807, 2.05) is 6.92 Å². The van der Waals surface area contributed by atoms with Gasteiger partial charge in [0, 0.05) is 12.6 Å². The van der Waals surface area contributed by atoms with E-state index in [9.17, 15) is 9.90 Å². The fourth-order valence-electron chi connectivity index (χ4n) is 2.29. The van der Waals surface area contributed by atoms with Crippen LogP contribution in [0.2, 0.25) is 0 Å². The number of aliphatic hydroxyl groups excluding tert-OH is 1. The first-order valence-electron chi connectivity index (χ1n) is 6.93. The molecule has 0 aromatic rings. The number of rotatable bonds is 7. The van der Waals surface area contributed by atoms with E-state index >= 15 is 0 Å². The van der Waals surface area contributed by atoms with E-state index in [4.69, 9.17) is 0 Å². The van der Waals surface area contributed by atoms with Crippen LogP contribution in [-0.2, 0) is 0 Å². The lowest BCUT2D eigenvalue weighted by atomic mass is 10.1. The zero-order chi connectivity index (χ0) is 12.3. The average molecular weight is 240 g/mol. The average Bonchev–Trinajstić information content (AvgIpc) is 3.18. The van der Waals surface area contributed by atoms with Crippen LogP contribution < -0.4 is 10.6 Å². The van der Waals surface area contributed by atoms with Crippen molar-refractivity contribution in [2.24, 2.45) is 11.8 Å². The molecule has 2 amide bonds. The monoisotopic (exact) mass is 240 g/mol. The van der Waals surface area contributed by atoms with Crippen molar-refractivity contribution in [1.29, 1.82) is 0 Å². The Bertz CT molecular complexity index is 250. The first-order valence-corrected chi connectivity index (χ1v) is 6.93. The summed E-state index contributed by atoms with van der Waals surface area (Å²) >= 11 is 0. The third-order valence-electron chi connectivity index (χ3n) is 3.79. The van der Waals surface area contributed by atoms with Crippen LogP contribution in [0.5, 0.6) is 0 Å². The first-order chi connectivity index (χ1) is 8.20. The molecule has 2 aliphatic rings. The molecule has 0 saturated heterocycles. The summed E-state index contributed by atoms with van der Waals surface area (Å²) in [6, 6.07) is 0.350. The third kappa shape index (κ3) is 4.19. The summed E-state index contributed by atoms with van der Waals surface area (Å²) < 4.78 is 0. The molecule has 2 saturated carbocycles. The molecule has 1 unspecified atom stereocenters. The minimum absolute atomic E-state index is 0.0582. The molecule has 0 bridgehead atoms. The molecule has 98 valence electrons. The second-order valence-electron chi connectivity index (χ2n) is 5.45. The highest BCUT2D eigenvalue weighted by molar-refractivity contribution is 5.74. The van der Waals surface area contributed by atoms with Crippen LogP contribution in [0.1, 0.15) is 45.4 Å². The summed E-state index contributed by atoms with van der Waals surface area (Å²) in [4.78, 5) is 11.7. The Hall–Kier alpha value is -0.770. The van der Waals surface area contributed by atoms with Gasteiger partial charge < -0.3 is 15.7 Å². The maximum atomic E-state index is 11.7. The van der Waals surface area contributed by atoms with E-state index in [1.165, 1.54) is 25.7 Å². The van der Waals surface area contributed by atoms with Gasteiger partial charge in [-0.2, -0.15) is 0 Å². The molecule has 2 rings (SSSR count). The van der Waals surface area contributed by atoms with Gasteiger partial charge in [0.05, 0.1) is 6.10 Å². The second-order valence-corrected chi connectivity index (χ2v) is 5.45. The van der Waals surface area contributed by atoms with E-state index in [2.05, 4.69) is 10.6 Å². The molecule has 3 N–H and O–H groups in total.